The van der Waals surface area contributed by atoms with Gasteiger partial charge in [-0.15, -0.1) is 0 Å². The monoisotopic (exact) mass is 395 g/mol. The van der Waals surface area contributed by atoms with Gasteiger partial charge in [0.15, 0.2) is 23.2 Å². The van der Waals surface area contributed by atoms with E-state index < -0.39 is 47.7 Å². The Morgan fingerprint density at radius 1 is 1.14 bits per heavy atom. The number of benzene rings is 1. The fourth-order valence-corrected chi connectivity index (χ4v) is 2.46. The summed E-state index contributed by atoms with van der Waals surface area (Å²) in [6.45, 7) is -0.239. The molecule has 28 heavy (non-hydrogen) atoms. The number of Topliss-reactive ketones (excluding diaryl/α,β-unsaturated/α-hetero) is 1. The van der Waals surface area contributed by atoms with Crippen molar-refractivity contribution in [1.82, 2.24) is 10.3 Å². The number of hydrogen-bond donors (Lipinski definition) is 2. The van der Waals surface area contributed by atoms with Gasteiger partial charge in [-0.1, -0.05) is 6.07 Å². The smallest absolute Gasteiger partial charge is 0.252 e. The number of pyridine rings is 1. The van der Waals surface area contributed by atoms with Crippen molar-refractivity contribution in [3.8, 4) is 5.75 Å². The zero-order valence-electron chi connectivity index (χ0n) is 15.0. The Labute approximate surface area is 159 Å². The molecule has 0 bridgehead atoms. The molecular formula is C19H20F3N3O3. The lowest BCUT2D eigenvalue weighted by atomic mass is 10.0. The number of ketones is 1. The molecule has 0 aliphatic rings. The number of nitrogens with zero attached hydrogens (tertiary/aromatic N) is 1. The van der Waals surface area contributed by atoms with Crippen molar-refractivity contribution in [2.45, 2.75) is 25.3 Å². The minimum Gasteiger partial charge on any atom is -0.480 e. The lowest BCUT2D eigenvalue weighted by Crippen LogP contribution is -2.43. The molecular weight excluding hydrogens is 375 g/mol. The number of unbranched alkanes of at least 4 members (excludes halogenated alkanes) is 1. The summed E-state index contributed by atoms with van der Waals surface area (Å²) in [7, 11) is 0. The van der Waals surface area contributed by atoms with Gasteiger partial charge in [-0.05, 0) is 44.0 Å². The number of nitrogens with two attached hydrogens (primary N) is 1. The van der Waals surface area contributed by atoms with Gasteiger partial charge in [-0.2, -0.15) is 4.39 Å². The van der Waals surface area contributed by atoms with Gasteiger partial charge in [0.05, 0.1) is 6.04 Å². The van der Waals surface area contributed by atoms with Crippen molar-refractivity contribution in [3.63, 3.8) is 0 Å². The predicted molar refractivity (Wildman–Crippen MR) is 95.2 cm³/mol. The van der Waals surface area contributed by atoms with Crippen LogP contribution in [0.1, 0.15) is 29.6 Å². The molecule has 0 saturated heterocycles. The van der Waals surface area contributed by atoms with Crippen LogP contribution in [0, 0.1) is 17.6 Å². The zero-order valence-corrected chi connectivity index (χ0v) is 15.0. The fourth-order valence-electron chi connectivity index (χ4n) is 2.46. The summed E-state index contributed by atoms with van der Waals surface area (Å²) in [6.07, 6.45) is 2.52. The van der Waals surface area contributed by atoms with Crippen molar-refractivity contribution in [2.75, 3.05) is 13.2 Å². The Kier molecular flexibility index (Phi) is 7.94. The van der Waals surface area contributed by atoms with Crippen LogP contribution in [0.2, 0.25) is 0 Å². The van der Waals surface area contributed by atoms with Crippen LogP contribution in [0.3, 0.4) is 0 Å². The maximum Gasteiger partial charge on any atom is 0.252 e. The van der Waals surface area contributed by atoms with E-state index in [0.29, 0.717) is 19.4 Å². The van der Waals surface area contributed by atoms with Gasteiger partial charge in [0.2, 0.25) is 5.95 Å². The highest BCUT2D eigenvalue weighted by Gasteiger charge is 2.23. The van der Waals surface area contributed by atoms with Crippen molar-refractivity contribution in [3.05, 3.63) is 59.7 Å². The third-order valence-electron chi connectivity index (χ3n) is 3.91. The Balaban J connectivity index is 2.06. The Hall–Kier alpha value is -2.94. The van der Waals surface area contributed by atoms with Gasteiger partial charge < -0.3 is 15.8 Å². The van der Waals surface area contributed by atoms with E-state index in [0.717, 1.165) is 24.4 Å². The second-order valence-electron chi connectivity index (χ2n) is 5.98. The molecule has 0 fully saturated rings. The number of carbonyl (C=O) groups excluding carboxylic acids is 2. The van der Waals surface area contributed by atoms with Gasteiger partial charge in [-0.25, -0.2) is 13.8 Å². The van der Waals surface area contributed by atoms with Crippen LogP contribution < -0.4 is 15.8 Å². The molecule has 0 spiro atoms. The summed E-state index contributed by atoms with van der Waals surface area (Å²) >= 11 is 0. The minimum absolute atomic E-state index is 0.00908. The first kappa shape index (κ1) is 21.4. The maximum atomic E-state index is 13.6. The maximum absolute atomic E-state index is 13.6. The van der Waals surface area contributed by atoms with Crippen LogP contribution in [0.5, 0.6) is 5.75 Å². The molecule has 1 atom stereocenters. The molecule has 0 aliphatic heterocycles. The molecule has 0 saturated carbocycles. The number of carbonyl (C=O) groups is 2. The second kappa shape index (κ2) is 10.4. The molecule has 150 valence electrons. The Morgan fingerprint density at radius 3 is 2.50 bits per heavy atom. The van der Waals surface area contributed by atoms with Crippen molar-refractivity contribution < 1.29 is 27.5 Å². The number of aromatic nitrogens is 1. The van der Waals surface area contributed by atoms with Gasteiger partial charge in [-0.3, -0.25) is 9.59 Å². The zero-order chi connectivity index (χ0) is 20.5. The normalized spacial score (nSPS) is 11.7. The summed E-state index contributed by atoms with van der Waals surface area (Å²) in [5, 5.41) is 2.49. The highest BCUT2D eigenvalue weighted by Crippen LogP contribution is 2.21. The standard InChI is InChI=1S/C19H20F3N3O3/c20-13-4-3-5-14(21)18(13)28-11-16(26)15(6-1-2-8-23)25-19(27)12-7-9-24-17(22)10-12/h3-5,7,9-10,15H,1-2,6,8,11,23H2,(H,25,27). The first-order chi connectivity index (χ1) is 13.4. The molecule has 1 aromatic heterocycles. The number of rotatable bonds is 10. The predicted octanol–water partition coefficient (Wildman–Crippen LogP) is 2.37. The van der Waals surface area contributed by atoms with E-state index in [9.17, 15) is 22.8 Å². The summed E-state index contributed by atoms with van der Waals surface area (Å²) in [4.78, 5) is 28.1. The van der Waals surface area contributed by atoms with Gasteiger partial charge >= 0.3 is 0 Å². The molecule has 9 heteroatoms. The average Bonchev–Trinajstić information content (AvgIpc) is 2.66. The molecule has 3 N–H and O–H groups in total. The minimum atomic E-state index is -0.981. The first-order valence-corrected chi connectivity index (χ1v) is 8.64. The van der Waals surface area contributed by atoms with Crippen LogP contribution in [0.15, 0.2) is 36.5 Å². The largest absolute Gasteiger partial charge is 0.480 e. The number of para-hydroxylation sites is 1. The summed E-state index contributed by atoms with van der Waals surface area (Å²) in [6, 6.07) is 4.42. The van der Waals surface area contributed by atoms with E-state index in [4.69, 9.17) is 10.5 Å². The van der Waals surface area contributed by atoms with E-state index in [1.807, 2.05) is 0 Å². The van der Waals surface area contributed by atoms with Crippen LogP contribution in [0.25, 0.3) is 0 Å². The van der Waals surface area contributed by atoms with E-state index in [1.54, 1.807) is 0 Å². The van der Waals surface area contributed by atoms with Crippen LogP contribution in [-0.4, -0.2) is 35.9 Å². The number of halogens is 3. The van der Waals surface area contributed by atoms with Crippen LogP contribution in [-0.2, 0) is 4.79 Å². The number of amides is 1. The van der Waals surface area contributed by atoms with E-state index in [1.165, 1.54) is 12.1 Å². The Morgan fingerprint density at radius 2 is 1.86 bits per heavy atom. The third kappa shape index (κ3) is 6.05. The second-order valence-corrected chi connectivity index (χ2v) is 5.98. The lowest BCUT2D eigenvalue weighted by Gasteiger charge is -2.18. The molecule has 0 aliphatic carbocycles. The van der Waals surface area contributed by atoms with Gasteiger partial charge in [0, 0.05) is 17.8 Å². The van der Waals surface area contributed by atoms with Crippen molar-refractivity contribution in [2.24, 2.45) is 5.73 Å². The third-order valence-corrected chi connectivity index (χ3v) is 3.91. The molecule has 0 radical (unpaired) electrons. The topological polar surface area (TPSA) is 94.3 Å². The van der Waals surface area contributed by atoms with Gasteiger partial charge in [0.1, 0.15) is 6.61 Å². The van der Waals surface area contributed by atoms with Crippen LogP contribution >= 0.6 is 0 Å². The quantitative estimate of drug-likeness (QED) is 0.476. The molecule has 1 amide bonds. The highest BCUT2D eigenvalue weighted by molar-refractivity contribution is 5.98. The Bertz CT molecular complexity index is 813. The van der Waals surface area contributed by atoms with Gasteiger partial charge in [0.25, 0.3) is 5.91 Å². The van der Waals surface area contributed by atoms with Crippen LogP contribution in [0.4, 0.5) is 13.2 Å². The number of ether oxygens (including phenoxy) is 1. The summed E-state index contributed by atoms with van der Waals surface area (Å²) in [5.74, 6) is -4.64. The molecule has 1 unspecified atom stereocenters. The average molecular weight is 395 g/mol. The molecule has 1 heterocycles. The molecule has 2 rings (SSSR count). The number of hydrogen-bond acceptors (Lipinski definition) is 5. The number of nitrogens with one attached hydrogen (secondary N) is 1. The van der Waals surface area contributed by atoms with E-state index in [2.05, 4.69) is 10.3 Å². The van der Waals surface area contributed by atoms with E-state index >= 15 is 0 Å². The van der Waals surface area contributed by atoms with Crippen molar-refractivity contribution >= 4 is 11.7 Å². The SMILES string of the molecule is NCCCCC(NC(=O)c1ccnc(F)c1)C(=O)COc1c(F)cccc1F. The van der Waals surface area contributed by atoms with Crippen molar-refractivity contribution in [1.29, 1.82) is 0 Å². The fraction of sp³-hybridized carbons (Fsp3) is 0.316. The molecule has 2 aromatic rings. The first-order valence-electron chi connectivity index (χ1n) is 8.64. The molecule has 1 aromatic carbocycles. The lowest BCUT2D eigenvalue weighted by molar-refractivity contribution is -0.123. The summed E-state index contributed by atoms with van der Waals surface area (Å²) in [5.41, 5.74) is 5.43. The summed E-state index contributed by atoms with van der Waals surface area (Å²) < 4.78 is 45.4. The van der Waals surface area contributed by atoms with E-state index in [-0.39, 0.29) is 12.0 Å². The molecule has 6 nitrogen and oxygen atoms in total. The highest BCUT2D eigenvalue weighted by atomic mass is 19.1.